The summed E-state index contributed by atoms with van der Waals surface area (Å²) in [5, 5.41) is -0.331. The fourth-order valence-electron chi connectivity index (χ4n) is 1.09. The van der Waals surface area contributed by atoms with E-state index in [1.165, 1.54) is 0 Å². The van der Waals surface area contributed by atoms with Gasteiger partial charge in [-0.05, 0) is 18.2 Å². The third-order valence-corrected chi connectivity index (χ3v) is 3.91. The molecular formula is C9H8Cl2F3NO2S. The zero-order chi connectivity index (χ0) is 14.0. The topological polar surface area (TPSA) is 46.2 Å². The van der Waals surface area contributed by atoms with Crippen LogP contribution in [0.2, 0.25) is 5.02 Å². The fraction of sp³-hybridized carbons (Fsp3) is 0.333. The van der Waals surface area contributed by atoms with E-state index < -0.39 is 21.8 Å². The highest BCUT2D eigenvalue weighted by molar-refractivity contribution is 7.92. The molecule has 0 bridgehead atoms. The standard InChI is InChI=1S/C9H8Cl2F3NO2S/c10-3-4-18(16,17)15-8-2-1-6(5-7(8)11)9(12,13)14/h1-2,5,15H,3-4H2. The zero-order valence-electron chi connectivity index (χ0n) is 8.76. The summed E-state index contributed by atoms with van der Waals surface area (Å²) in [4.78, 5) is 0. The largest absolute Gasteiger partial charge is 0.416 e. The van der Waals surface area contributed by atoms with E-state index in [1.54, 1.807) is 0 Å². The number of hydrogen-bond acceptors (Lipinski definition) is 2. The lowest BCUT2D eigenvalue weighted by Crippen LogP contribution is -2.18. The van der Waals surface area contributed by atoms with E-state index in [2.05, 4.69) is 4.72 Å². The summed E-state index contributed by atoms with van der Waals surface area (Å²) in [6.07, 6.45) is -4.53. The lowest BCUT2D eigenvalue weighted by Gasteiger charge is -2.11. The van der Waals surface area contributed by atoms with Gasteiger partial charge in [-0.25, -0.2) is 8.42 Å². The maximum absolute atomic E-state index is 12.3. The van der Waals surface area contributed by atoms with Crippen molar-refractivity contribution in [3.8, 4) is 0 Å². The van der Waals surface area contributed by atoms with E-state index in [0.717, 1.165) is 12.1 Å². The molecule has 3 nitrogen and oxygen atoms in total. The van der Waals surface area contributed by atoms with Crippen LogP contribution in [0.1, 0.15) is 5.56 Å². The van der Waals surface area contributed by atoms with E-state index in [0.29, 0.717) is 6.07 Å². The van der Waals surface area contributed by atoms with Crippen molar-refractivity contribution in [2.75, 3.05) is 16.4 Å². The third-order valence-electron chi connectivity index (χ3n) is 1.91. The van der Waals surface area contributed by atoms with Crippen LogP contribution in [0.3, 0.4) is 0 Å². The molecule has 1 aromatic rings. The Kier molecular flexibility index (Phi) is 4.74. The van der Waals surface area contributed by atoms with Gasteiger partial charge in [-0.3, -0.25) is 4.72 Å². The highest BCUT2D eigenvalue weighted by atomic mass is 35.5. The van der Waals surface area contributed by atoms with Crippen molar-refractivity contribution in [2.45, 2.75) is 6.18 Å². The monoisotopic (exact) mass is 321 g/mol. The molecule has 0 saturated carbocycles. The maximum atomic E-state index is 12.3. The molecule has 0 unspecified atom stereocenters. The van der Waals surface area contributed by atoms with Gasteiger partial charge in [0.05, 0.1) is 22.0 Å². The molecule has 0 radical (unpaired) electrons. The molecule has 102 valence electrons. The Morgan fingerprint density at radius 3 is 2.33 bits per heavy atom. The predicted octanol–water partition coefficient (Wildman–Crippen LogP) is 3.34. The minimum absolute atomic E-state index is 0.116. The molecule has 0 aliphatic carbocycles. The summed E-state index contributed by atoms with van der Waals surface area (Å²) in [5.74, 6) is -0.487. The Morgan fingerprint density at radius 2 is 1.89 bits per heavy atom. The minimum Gasteiger partial charge on any atom is -0.282 e. The van der Waals surface area contributed by atoms with Crippen molar-refractivity contribution < 1.29 is 21.6 Å². The lowest BCUT2D eigenvalue weighted by molar-refractivity contribution is -0.137. The van der Waals surface area contributed by atoms with Gasteiger partial charge in [0.2, 0.25) is 10.0 Å². The second kappa shape index (κ2) is 5.54. The van der Waals surface area contributed by atoms with E-state index in [-0.39, 0.29) is 22.3 Å². The van der Waals surface area contributed by atoms with Gasteiger partial charge >= 0.3 is 6.18 Å². The maximum Gasteiger partial charge on any atom is 0.416 e. The Balaban J connectivity index is 3.01. The van der Waals surface area contributed by atoms with Gasteiger partial charge in [-0.2, -0.15) is 13.2 Å². The van der Waals surface area contributed by atoms with Crippen molar-refractivity contribution in [3.63, 3.8) is 0 Å². The van der Waals surface area contributed by atoms with Gasteiger partial charge in [0.15, 0.2) is 0 Å². The number of nitrogens with one attached hydrogen (secondary N) is 1. The molecule has 0 saturated heterocycles. The molecule has 1 rings (SSSR count). The van der Waals surface area contributed by atoms with Crippen LogP contribution in [0.5, 0.6) is 0 Å². The molecular weight excluding hydrogens is 314 g/mol. The van der Waals surface area contributed by atoms with Crippen LogP contribution >= 0.6 is 23.2 Å². The molecule has 0 aliphatic rings. The summed E-state index contributed by atoms with van der Waals surface area (Å²) < 4.78 is 61.8. The number of rotatable bonds is 4. The van der Waals surface area contributed by atoms with Crippen LogP contribution in [-0.2, 0) is 16.2 Å². The van der Waals surface area contributed by atoms with Gasteiger partial charge < -0.3 is 0 Å². The van der Waals surface area contributed by atoms with E-state index in [4.69, 9.17) is 23.2 Å². The van der Waals surface area contributed by atoms with Crippen LogP contribution in [0, 0.1) is 0 Å². The molecule has 0 heterocycles. The molecule has 0 amide bonds. The first-order valence-electron chi connectivity index (χ1n) is 4.59. The summed E-state index contributed by atoms with van der Waals surface area (Å²) >= 11 is 10.9. The molecule has 0 atom stereocenters. The second-order valence-corrected chi connectivity index (χ2v) is 5.93. The number of halogens is 5. The number of benzene rings is 1. The smallest absolute Gasteiger partial charge is 0.282 e. The molecule has 0 fully saturated rings. The summed E-state index contributed by atoms with van der Waals surface area (Å²) in [7, 11) is -3.70. The van der Waals surface area contributed by atoms with Crippen molar-refractivity contribution >= 4 is 38.9 Å². The van der Waals surface area contributed by atoms with Gasteiger partial charge in [0, 0.05) is 5.88 Å². The summed E-state index contributed by atoms with van der Waals surface area (Å²) in [6, 6.07) is 2.35. The first-order valence-corrected chi connectivity index (χ1v) is 7.15. The fourth-order valence-corrected chi connectivity index (χ4v) is 2.81. The van der Waals surface area contributed by atoms with E-state index in [9.17, 15) is 21.6 Å². The average molecular weight is 322 g/mol. The van der Waals surface area contributed by atoms with Gasteiger partial charge in [-0.1, -0.05) is 11.6 Å². The van der Waals surface area contributed by atoms with Crippen LogP contribution in [-0.4, -0.2) is 20.1 Å². The number of hydrogen-bond donors (Lipinski definition) is 1. The van der Waals surface area contributed by atoms with Crippen molar-refractivity contribution in [1.29, 1.82) is 0 Å². The number of sulfonamides is 1. The second-order valence-electron chi connectivity index (χ2n) is 3.30. The highest BCUT2D eigenvalue weighted by Crippen LogP contribution is 2.33. The normalized spacial score (nSPS) is 12.5. The van der Waals surface area contributed by atoms with Crippen LogP contribution in [0.15, 0.2) is 18.2 Å². The highest BCUT2D eigenvalue weighted by Gasteiger charge is 2.31. The SMILES string of the molecule is O=S(=O)(CCCl)Nc1ccc(C(F)(F)F)cc1Cl. The van der Waals surface area contributed by atoms with Gasteiger partial charge in [0.25, 0.3) is 0 Å². The van der Waals surface area contributed by atoms with E-state index >= 15 is 0 Å². The molecule has 0 spiro atoms. The number of alkyl halides is 4. The van der Waals surface area contributed by atoms with Crippen molar-refractivity contribution in [3.05, 3.63) is 28.8 Å². The molecule has 18 heavy (non-hydrogen) atoms. The Hall–Kier alpha value is -0.660. The molecule has 0 aromatic heterocycles. The number of anilines is 1. The molecule has 1 N–H and O–H groups in total. The first kappa shape index (κ1) is 15.4. The Bertz CT molecular complexity index is 531. The van der Waals surface area contributed by atoms with Crippen LogP contribution in [0.4, 0.5) is 18.9 Å². The van der Waals surface area contributed by atoms with Gasteiger partial charge in [0.1, 0.15) is 0 Å². The minimum atomic E-state index is -4.53. The molecule has 0 aliphatic heterocycles. The lowest BCUT2D eigenvalue weighted by atomic mass is 10.2. The summed E-state index contributed by atoms with van der Waals surface area (Å²) in [6.45, 7) is 0. The predicted molar refractivity (Wildman–Crippen MR) is 64.6 cm³/mol. The summed E-state index contributed by atoms with van der Waals surface area (Å²) in [5.41, 5.74) is -1.07. The van der Waals surface area contributed by atoms with E-state index in [1.807, 2.05) is 0 Å². The van der Waals surface area contributed by atoms with Crippen LogP contribution < -0.4 is 4.72 Å². The van der Waals surface area contributed by atoms with Crippen molar-refractivity contribution in [1.82, 2.24) is 0 Å². The van der Waals surface area contributed by atoms with Crippen molar-refractivity contribution in [2.24, 2.45) is 0 Å². The Morgan fingerprint density at radius 1 is 1.28 bits per heavy atom. The third kappa shape index (κ3) is 4.22. The van der Waals surface area contributed by atoms with Gasteiger partial charge in [-0.15, -0.1) is 11.6 Å². The molecule has 9 heteroatoms. The quantitative estimate of drug-likeness (QED) is 0.864. The first-order chi connectivity index (χ1) is 8.15. The average Bonchev–Trinajstić information content (AvgIpc) is 2.19. The molecule has 1 aromatic carbocycles. The van der Waals surface area contributed by atoms with Crippen LogP contribution in [0.25, 0.3) is 0 Å². The Labute approximate surface area is 112 Å². The zero-order valence-corrected chi connectivity index (χ0v) is 11.1.